The number of rotatable bonds is 4. The fourth-order valence-electron chi connectivity index (χ4n) is 3.27. The quantitative estimate of drug-likeness (QED) is 0.700. The number of hydrogen-bond donors (Lipinski definition) is 0. The second kappa shape index (κ2) is 7.36. The van der Waals surface area contributed by atoms with Gasteiger partial charge in [0.2, 0.25) is 5.95 Å². The van der Waals surface area contributed by atoms with E-state index in [0.717, 1.165) is 37.5 Å². The zero-order chi connectivity index (χ0) is 18.8. The SMILES string of the molecule is COc1ccc(Cn2ccc3nc(N4CCN(C)CC4)ncc3c2=O)cc1. The standard InChI is InChI=1S/C20H23N5O2/c1-23-9-11-24(12-10-23)20-21-13-17-18(22-20)7-8-25(19(17)26)14-15-3-5-16(27-2)6-4-15/h3-8,13H,9-12,14H2,1-2H3. The van der Waals surface area contributed by atoms with Crippen LogP contribution in [-0.2, 0) is 6.54 Å². The summed E-state index contributed by atoms with van der Waals surface area (Å²) in [5, 5.41) is 0.545. The molecular weight excluding hydrogens is 342 g/mol. The van der Waals surface area contributed by atoms with Crippen LogP contribution in [0.3, 0.4) is 0 Å². The molecule has 4 rings (SSSR count). The number of fused-ring (bicyclic) bond motifs is 1. The number of pyridine rings is 1. The maximum atomic E-state index is 12.8. The molecule has 1 aliphatic rings. The maximum Gasteiger partial charge on any atom is 0.261 e. The molecule has 0 saturated carbocycles. The number of ether oxygens (including phenoxy) is 1. The van der Waals surface area contributed by atoms with E-state index in [0.29, 0.717) is 23.4 Å². The lowest BCUT2D eigenvalue weighted by molar-refractivity contribution is 0.311. The van der Waals surface area contributed by atoms with E-state index in [1.807, 2.05) is 30.3 Å². The molecule has 27 heavy (non-hydrogen) atoms. The van der Waals surface area contributed by atoms with Crippen molar-refractivity contribution in [3.05, 3.63) is 58.6 Å². The van der Waals surface area contributed by atoms with Crippen molar-refractivity contribution in [2.75, 3.05) is 45.2 Å². The van der Waals surface area contributed by atoms with Crippen LogP contribution in [-0.4, -0.2) is 59.8 Å². The summed E-state index contributed by atoms with van der Waals surface area (Å²) in [4.78, 5) is 26.4. The first kappa shape index (κ1) is 17.5. The number of likely N-dealkylation sites (N-methyl/N-ethyl adjacent to an activating group) is 1. The molecular formula is C20H23N5O2. The smallest absolute Gasteiger partial charge is 0.261 e. The highest BCUT2D eigenvalue weighted by Gasteiger charge is 2.17. The third-order valence-corrected chi connectivity index (χ3v) is 5.01. The van der Waals surface area contributed by atoms with Crippen LogP contribution in [0.5, 0.6) is 5.75 Å². The van der Waals surface area contributed by atoms with E-state index in [1.165, 1.54) is 0 Å². The second-order valence-corrected chi connectivity index (χ2v) is 6.86. The van der Waals surface area contributed by atoms with E-state index in [1.54, 1.807) is 24.1 Å². The monoisotopic (exact) mass is 365 g/mol. The molecule has 0 atom stereocenters. The minimum Gasteiger partial charge on any atom is -0.497 e. The molecule has 0 N–H and O–H groups in total. The summed E-state index contributed by atoms with van der Waals surface area (Å²) in [6.45, 7) is 4.28. The Bertz CT molecular complexity index is 991. The Kier molecular flexibility index (Phi) is 4.77. The van der Waals surface area contributed by atoms with Crippen LogP contribution in [0, 0.1) is 0 Å². The number of piperazine rings is 1. The predicted molar refractivity (Wildman–Crippen MR) is 106 cm³/mol. The molecule has 3 aromatic rings. The first-order chi connectivity index (χ1) is 13.1. The van der Waals surface area contributed by atoms with Gasteiger partial charge in [0, 0.05) is 38.6 Å². The van der Waals surface area contributed by atoms with Gasteiger partial charge in [-0.25, -0.2) is 9.97 Å². The summed E-state index contributed by atoms with van der Waals surface area (Å²) < 4.78 is 6.86. The molecule has 7 nitrogen and oxygen atoms in total. The van der Waals surface area contributed by atoms with E-state index in [4.69, 9.17) is 4.74 Å². The van der Waals surface area contributed by atoms with Crippen LogP contribution in [0.2, 0.25) is 0 Å². The molecule has 0 unspecified atom stereocenters. The summed E-state index contributed by atoms with van der Waals surface area (Å²) in [6.07, 6.45) is 3.46. The van der Waals surface area contributed by atoms with Gasteiger partial charge in [0.1, 0.15) is 5.75 Å². The van der Waals surface area contributed by atoms with Crippen molar-refractivity contribution in [3.63, 3.8) is 0 Å². The van der Waals surface area contributed by atoms with E-state index in [-0.39, 0.29) is 5.56 Å². The summed E-state index contributed by atoms with van der Waals surface area (Å²) >= 11 is 0. The molecule has 0 bridgehead atoms. The molecule has 1 aliphatic heterocycles. The van der Waals surface area contributed by atoms with Gasteiger partial charge in [0.25, 0.3) is 5.56 Å². The predicted octanol–water partition coefficient (Wildman–Crippen LogP) is 1.60. The molecule has 0 amide bonds. The van der Waals surface area contributed by atoms with Gasteiger partial charge >= 0.3 is 0 Å². The highest BCUT2D eigenvalue weighted by molar-refractivity contribution is 5.77. The van der Waals surface area contributed by atoms with Crippen molar-refractivity contribution in [2.45, 2.75) is 6.54 Å². The first-order valence-corrected chi connectivity index (χ1v) is 9.06. The number of benzene rings is 1. The van der Waals surface area contributed by atoms with Gasteiger partial charge in [-0.15, -0.1) is 0 Å². The Hall–Kier alpha value is -2.93. The summed E-state index contributed by atoms with van der Waals surface area (Å²) in [5.74, 6) is 1.50. The van der Waals surface area contributed by atoms with Crippen LogP contribution in [0.15, 0.2) is 47.5 Å². The fourth-order valence-corrected chi connectivity index (χ4v) is 3.27. The lowest BCUT2D eigenvalue weighted by Gasteiger charge is -2.32. The molecule has 0 radical (unpaired) electrons. The second-order valence-electron chi connectivity index (χ2n) is 6.86. The minimum absolute atomic E-state index is 0.0757. The topological polar surface area (TPSA) is 63.5 Å². The lowest BCUT2D eigenvalue weighted by atomic mass is 10.2. The first-order valence-electron chi connectivity index (χ1n) is 9.06. The van der Waals surface area contributed by atoms with Crippen LogP contribution < -0.4 is 15.2 Å². The highest BCUT2D eigenvalue weighted by atomic mass is 16.5. The zero-order valence-corrected chi connectivity index (χ0v) is 15.6. The molecule has 140 valence electrons. The van der Waals surface area contributed by atoms with Crippen molar-refractivity contribution < 1.29 is 4.74 Å². The van der Waals surface area contributed by atoms with Crippen LogP contribution >= 0.6 is 0 Å². The van der Waals surface area contributed by atoms with Crippen LogP contribution in [0.4, 0.5) is 5.95 Å². The summed E-state index contributed by atoms with van der Waals surface area (Å²) in [5.41, 5.74) is 1.65. The summed E-state index contributed by atoms with van der Waals surface area (Å²) in [7, 11) is 3.75. The highest BCUT2D eigenvalue weighted by Crippen LogP contribution is 2.15. The van der Waals surface area contributed by atoms with Gasteiger partial charge < -0.3 is 19.1 Å². The Morgan fingerprint density at radius 3 is 2.52 bits per heavy atom. The average Bonchev–Trinajstić information content (AvgIpc) is 2.71. The van der Waals surface area contributed by atoms with Crippen molar-refractivity contribution in [1.29, 1.82) is 0 Å². The molecule has 2 aromatic heterocycles. The molecule has 0 spiro atoms. The molecule has 1 aromatic carbocycles. The Morgan fingerprint density at radius 1 is 1.07 bits per heavy atom. The Morgan fingerprint density at radius 2 is 1.81 bits per heavy atom. The van der Waals surface area contributed by atoms with Crippen molar-refractivity contribution >= 4 is 16.9 Å². The lowest BCUT2D eigenvalue weighted by Crippen LogP contribution is -2.45. The van der Waals surface area contributed by atoms with Gasteiger partial charge in [0.05, 0.1) is 24.6 Å². The van der Waals surface area contributed by atoms with Gasteiger partial charge in [-0.1, -0.05) is 12.1 Å². The van der Waals surface area contributed by atoms with Crippen molar-refractivity contribution in [2.24, 2.45) is 0 Å². The molecule has 0 aliphatic carbocycles. The normalized spacial score (nSPS) is 15.3. The zero-order valence-electron chi connectivity index (χ0n) is 15.6. The largest absolute Gasteiger partial charge is 0.497 e. The third-order valence-electron chi connectivity index (χ3n) is 5.01. The Labute approximate surface area is 157 Å². The summed E-state index contributed by atoms with van der Waals surface area (Å²) in [6, 6.07) is 9.60. The number of nitrogens with zero attached hydrogens (tertiary/aromatic N) is 5. The number of aromatic nitrogens is 3. The molecule has 7 heteroatoms. The third kappa shape index (κ3) is 3.64. The van der Waals surface area contributed by atoms with E-state index in [9.17, 15) is 4.79 Å². The van der Waals surface area contributed by atoms with E-state index < -0.39 is 0 Å². The number of methoxy groups -OCH3 is 1. The molecule has 1 fully saturated rings. The number of anilines is 1. The van der Waals surface area contributed by atoms with E-state index >= 15 is 0 Å². The van der Waals surface area contributed by atoms with Crippen molar-refractivity contribution in [3.8, 4) is 5.75 Å². The maximum absolute atomic E-state index is 12.8. The fraction of sp³-hybridized carbons (Fsp3) is 0.350. The van der Waals surface area contributed by atoms with Gasteiger partial charge in [0.15, 0.2) is 0 Å². The van der Waals surface area contributed by atoms with Gasteiger partial charge in [-0.3, -0.25) is 4.79 Å². The Balaban J connectivity index is 1.60. The molecule has 3 heterocycles. The van der Waals surface area contributed by atoms with Crippen molar-refractivity contribution in [1.82, 2.24) is 19.4 Å². The van der Waals surface area contributed by atoms with Crippen LogP contribution in [0.25, 0.3) is 10.9 Å². The number of hydrogen-bond acceptors (Lipinski definition) is 6. The average molecular weight is 365 g/mol. The van der Waals surface area contributed by atoms with Gasteiger partial charge in [-0.2, -0.15) is 0 Å². The minimum atomic E-state index is -0.0757. The molecule has 1 saturated heterocycles. The van der Waals surface area contributed by atoms with E-state index in [2.05, 4.69) is 26.8 Å². The van der Waals surface area contributed by atoms with Gasteiger partial charge in [-0.05, 0) is 30.8 Å². The van der Waals surface area contributed by atoms with Crippen LogP contribution in [0.1, 0.15) is 5.56 Å².